The van der Waals surface area contributed by atoms with Crippen molar-refractivity contribution in [3.63, 3.8) is 0 Å². The van der Waals surface area contributed by atoms with Gasteiger partial charge in [0.2, 0.25) is 100 Å². The van der Waals surface area contributed by atoms with Crippen LogP contribution in [0.25, 0.3) is 16.5 Å². The molecular weight excluding hydrogens is 1750 g/mol. The third-order valence-electron chi connectivity index (χ3n) is 23.8. The molecular formula is C91H129N23O19S. The number of nitrogens with one attached hydrogen (secondary N) is 14. The van der Waals surface area contributed by atoms with E-state index in [1.54, 1.807) is 74.6 Å². The minimum Gasteiger partial charge on any atom is -0.508 e. The quantitative estimate of drug-likeness (QED) is 0.0161. The van der Waals surface area contributed by atoms with Crippen molar-refractivity contribution in [3.05, 3.63) is 127 Å². The predicted octanol–water partition coefficient (Wildman–Crippen LogP) is -1.52. The monoisotopic (exact) mass is 1880 g/mol. The number of hydrogen-bond acceptors (Lipinski definition) is 22. The van der Waals surface area contributed by atoms with Gasteiger partial charge in [-0.1, -0.05) is 121 Å². The first-order valence-electron chi connectivity index (χ1n) is 45.1. The fourth-order valence-corrected chi connectivity index (χ4v) is 17.2. The molecule has 42 nitrogen and oxygen atoms in total. The molecule has 0 saturated carbocycles. The molecule has 3 fully saturated rings. The summed E-state index contributed by atoms with van der Waals surface area (Å²) in [4.78, 5) is 266. The molecule has 8 rings (SSSR count). The number of nitrogens with two attached hydrogens (primary N) is 3. The number of unbranched alkanes of at least 4 members (excludes halogenated alkanes) is 2. The number of aromatic nitrogens is 3. The molecule has 5 aromatic rings. The van der Waals surface area contributed by atoms with E-state index in [0.717, 1.165) is 31.4 Å². The maximum absolute atomic E-state index is 15.7. The van der Waals surface area contributed by atoms with E-state index in [4.69, 9.17) is 22.6 Å². The molecule has 22 N–H and O–H groups in total. The number of aromatic hydroxyl groups is 1. The molecule has 0 unspecified atom stereocenters. The molecule has 3 aromatic carbocycles. The lowest BCUT2D eigenvalue weighted by Crippen LogP contribution is -2.61. The number of phenols is 1. The van der Waals surface area contributed by atoms with Gasteiger partial charge in [-0.2, -0.15) is 0 Å². The van der Waals surface area contributed by atoms with Crippen molar-refractivity contribution in [2.45, 2.75) is 235 Å². The Labute approximate surface area is 781 Å². The topological polar surface area (TPSA) is 626 Å². The van der Waals surface area contributed by atoms with Gasteiger partial charge >= 0.3 is 0 Å². The summed E-state index contributed by atoms with van der Waals surface area (Å²) < 4.78 is 0. The summed E-state index contributed by atoms with van der Waals surface area (Å²) in [5, 5.41) is 59.1. The average molecular weight is 1880 g/mol. The van der Waals surface area contributed by atoms with Gasteiger partial charge in [-0.25, -0.2) is 4.98 Å². The minimum absolute atomic E-state index is 0.000369. The number of carbonyl (C=O) groups excluding carboxylic acids is 17. The summed E-state index contributed by atoms with van der Waals surface area (Å²) in [6.45, 7) is 10.8. The molecule has 3 saturated heterocycles. The number of H-pyrrole nitrogens is 2. The molecule has 728 valence electrons. The van der Waals surface area contributed by atoms with Crippen molar-refractivity contribution >= 4 is 135 Å². The highest BCUT2D eigenvalue weighted by Crippen LogP contribution is 2.28. The molecule has 3 aliphatic rings. The number of fused-ring (bicyclic) bond motifs is 3. The van der Waals surface area contributed by atoms with Crippen LogP contribution in [0.3, 0.4) is 0 Å². The number of thioether (sulfide) groups is 1. The van der Waals surface area contributed by atoms with Gasteiger partial charge in [0, 0.05) is 101 Å². The van der Waals surface area contributed by atoms with E-state index in [0.29, 0.717) is 64.5 Å². The number of aromatic amines is 2. The van der Waals surface area contributed by atoms with E-state index >= 15 is 38.4 Å². The first-order valence-corrected chi connectivity index (χ1v) is 46.3. The van der Waals surface area contributed by atoms with Crippen molar-refractivity contribution in [1.29, 1.82) is 5.41 Å². The van der Waals surface area contributed by atoms with Gasteiger partial charge in [0.05, 0.1) is 31.7 Å². The van der Waals surface area contributed by atoms with Gasteiger partial charge in [-0.05, 0) is 111 Å². The van der Waals surface area contributed by atoms with E-state index in [2.05, 4.69) is 80.0 Å². The molecule has 0 bridgehead atoms. The molecule has 0 radical (unpaired) electrons. The van der Waals surface area contributed by atoms with Crippen molar-refractivity contribution in [3.8, 4) is 5.75 Å². The summed E-state index contributed by atoms with van der Waals surface area (Å²) >= 11 is 0.765. The van der Waals surface area contributed by atoms with E-state index in [9.17, 15) is 53.4 Å². The lowest BCUT2D eigenvalue weighted by molar-refractivity contribution is -0.149. The third-order valence-corrected chi connectivity index (χ3v) is 24.9. The normalized spacial score (nSPS) is 24.2. The first kappa shape index (κ1) is 106. The van der Waals surface area contributed by atoms with Gasteiger partial charge in [-0.3, -0.25) is 86.9 Å². The summed E-state index contributed by atoms with van der Waals surface area (Å²) in [5.41, 5.74) is 19.6. The van der Waals surface area contributed by atoms with Crippen LogP contribution in [0.5, 0.6) is 5.75 Å². The van der Waals surface area contributed by atoms with Crippen molar-refractivity contribution in [1.82, 2.24) is 97.9 Å². The summed E-state index contributed by atoms with van der Waals surface area (Å²) in [7, 11) is 3.93. The van der Waals surface area contributed by atoms with Crippen molar-refractivity contribution in [2.24, 2.45) is 23.1 Å². The minimum atomic E-state index is -1.86. The number of nitrogens with zero attached hydrogens (tertiary/aromatic N) is 6. The van der Waals surface area contributed by atoms with Gasteiger partial charge in [0.1, 0.15) is 90.3 Å². The fraction of sp³-hybridized carbons (Fsp3) is 0.527. The number of amides is 17. The Balaban J connectivity index is 1.19. The zero-order chi connectivity index (χ0) is 98.2. The lowest BCUT2D eigenvalue weighted by atomic mass is 9.98. The van der Waals surface area contributed by atoms with E-state index in [-0.39, 0.29) is 115 Å². The van der Waals surface area contributed by atoms with Gasteiger partial charge in [0.15, 0.2) is 5.96 Å². The molecule has 134 heavy (non-hydrogen) atoms. The number of likely N-dealkylation sites (N-methyl/N-ethyl adjacent to an activating group) is 3. The number of aliphatic hydroxyl groups is 1. The maximum atomic E-state index is 15.7. The van der Waals surface area contributed by atoms with Crippen molar-refractivity contribution < 1.29 is 91.7 Å². The lowest BCUT2D eigenvalue weighted by Gasteiger charge is -2.36. The fourth-order valence-electron chi connectivity index (χ4n) is 16.3. The summed E-state index contributed by atoms with van der Waals surface area (Å²) in [6.07, 6.45) is 4.45. The largest absolute Gasteiger partial charge is 0.508 e. The number of aliphatic hydroxyl groups excluding tert-OH is 1. The predicted molar refractivity (Wildman–Crippen MR) is 496 cm³/mol. The molecule has 0 spiro atoms. The molecule has 14 atom stereocenters. The maximum Gasteiger partial charge on any atom is 0.246 e. The molecule has 17 amide bonds. The number of para-hydroxylation sites is 1. The van der Waals surface area contributed by atoms with E-state index in [1.165, 1.54) is 69.8 Å². The first-order chi connectivity index (χ1) is 63.8. The Morgan fingerprint density at radius 1 is 0.560 bits per heavy atom. The smallest absolute Gasteiger partial charge is 0.246 e. The average Bonchev–Trinajstić information content (AvgIpc) is 1.57. The molecule has 2 aromatic heterocycles. The van der Waals surface area contributed by atoms with Crippen LogP contribution in [-0.2, 0) is 101 Å². The Kier molecular flexibility index (Phi) is 40.7. The number of rotatable bonds is 27. The zero-order valence-electron chi connectivity index (χ0n) is 76.9. The number of imidazole rings is 1. The van der Waals surface area contributed by atoms with Crippen LogP contribution < -0.4 is 75.7 Å². The second-order valence-corrected chi connectivity index (χ2v) is 35.4. The number of phenolic OH excluding ortho intramolecular Hbond substituents is 1. The van der Waals surface area contributed by atoms with Crippen LogP contribution in [0, 0.1) is 11.3 Å². The Morgan fingerprint density at radius 2 is 1.11 bits per heavy atom. The Hall–Kier alpha value is -13.5. The molecule has 5 heterocycles. The van der Waals surface area contributed by atoms with Gasteiger partial charge in [0.25, 0.3) is 0 Å². The second kappa shape index (κ2) is 51.5. The summed E-state index contributed by atoms with van der Waals surface area (Å²) in [6, 6.07) is 0.0524. The highest BCUT2D eigenvalue weighted by molar-refractivity contribution is 8.00. The van der Waals surface area contributed by atoms with Crippen LogP contribution in [0.2, 0.25) is 0 Å². The zero-order valence-corrected chi connectivity index (χ0v) is 77.8. The number of primary amides is 2. The summed E-state index contributed by atoms with van der Waals surface area (Å²) in [5.74, 6) is -17.4. The van der Waals surface area contributed by atoms with Crippen LogP contribution >= 0.6 is 11.8 Å². The van der Waals surface area contributed by atoms with E-state index in [1.807, 2.05) is 13.8 Å². The Morgan fingerprint density at radius 3 is 1.72 bits per heavy atom. The molecule has 3 aliphatic heterocycles. The van der Waals surface area contributed by atoms with Crippen LogP contribution in [-0.4, -0.2) is 306 Å². The van der Waals surface area contributed by atoms with E-state index < -0.39 is 222 Å². The highest BCUT2D eigenvalue weighted by atomic mass is 32.2. The number of benzene rings is 3. The van der Waals surface area contributed by atoms with Crippen molar-refractivity contribution in [2.75, 3.05) is 65.4 Å². The SMILES string of the molecule is C=C(C[C@@H]1NC(=O)[C@@H]2CCCN2C(=O)[C@H](CC(C)C)NC(=O)[C@H](Cc2cnc[nH]2)NC(=O)[C@@H]2CCCN2C(=O)[C@H](CC(N)=O)NC(=O)[C@H](C)N(C)C(=O)[C@H](Cc2ccc(O)cc2)NC(=O)CSC[C@@H](C(=O)NCC(N)=O)NC(=O)[C@H](CCCNC(=N)N)NC(=O)[C@H](CCCC)N(C)C(=O)[C@H](CCCC)N(C)C(=O)[C@H](Cc2c[nH]c3ccccc23)NC(=O)[C@H](CO)NC1=O)c1ccccc1. The molecule has 0 aliphatic carbocycles. The molecule has 43 heteroatoms. The van der Waals surface area contributed by atoms with Crippen LogP contribution in [0.15, 0.2) is 104 Å². The third kappa shape index (κ3) is 30.5. The van der Waals surface area contributed by atoms with Crippen LogP contribution in [0.4, 0.5) is 0 Å². The standard InChI is InChI=1S/C91H129N23O19S/c1-10-12-27-70-83(126)102-61(26-19-35-97-91(94)95)79(122)109-69(78(121)99-46-75(93)118)48-134-49-76(119)101-65(40-54-31-33-58(116)34-32-54)86(129)110(7)53(6)77(120)105-67(43-74(92)117)89(132)114-37-21-30-72(114)85(128)104-63(42-57-45-96-50-100-57)81(124)106-64(38-51(3)4)88(131)113-36-20-29-71(113)84(127)103-62(39-52(5)55-22-15-14-16-23-55)80(123)108-68(47-115)82(125)107-66(41-56-44-98-60-25-18-17-24-59(56)60)87(130)112(9)73(28-13-11-2)90(133)111(70)8/h14-18,22-25,31-34,44-45,50-51,53,61-73,98,115-116H,5,10-13,19-21,26-30,35-43,46-49H2,1-4,6-9H3,(H2,92,117)(H2,93,118)(H,96,100)(H,99,121)(H,101,119)(H,102,126)(H,103,127)(H,104,128)(H,105,120)(H,106,124)(H,107,125)(H,108,123)(H,109,122)(H4,94,95,97)/t53-,61-,62-,63-,64-,65-,66-,67-,68-,69-,70-,71-,72-,73-/m0/s1. The highest BCUT2D eigenvalue weighted by Gasteiger charge is 2.46. The number of carbonyl (C=O) groups is 17. The second-order valence-electron chi connectivity index (χ2n) is 34.4. The van der Waals surface area contributed by atoms with Gasteiger partial charge < -0.3 is 120 Å². The Bertz CT molecular complexity index is 4980. The van der Waals surface area contributed by atoms with Crippen LogP contribution in [0.1, 0.15) is 153 Å². The number of hydrogen-bond donors (Lipinski definition) is 19. The number of guanidine groups is 1. The van der Waals surface area contributed by atoms with Gasteiger partial charge in [-0.15, -0.1) is 11.8 Å².